The first-order valence-electron chi connectivity index (χ1n) is 9.19. The van der Waals surface area contributed by atoms with Gasteiger partial charge in [-0.05, 0) is 62.6 Å². The van der Waals surface area contributed by atoms with Gasteiger partial charge in [0.15, 0.2) is 0 Å². The first-order valence-corrected chi connectivity index (χ1v) is 9.19. The molecule has 0 heterocycles. The van der Waals surface area contributed by atoms with Crippen molar-refractivity contribution >= 4 is 11.8 Å². The lowest BCUT2D eigenvalue weighted by molar-refractivity contribution is -0.274. The molecule has 2 aromatic carbocycles. The molecule has 1 amide bonds. The van der Waals surface area contributed by atoms with Crippen LogP contribution in [0.2, 0.25) is 0 Å². The van der Waals surface area contributed by atoms with Gasteiger partial charge in [-0.15, -0.1) is 13.2 Å². The van der Waals surface area contributed by atoms with Crippen molar-refractivity contribution in [2.24, 2.45) is 0 Å². The van der Waals surface area contributed by atoms with Gasteiger partial charge in [0.2, 0.25) is 5.60 Å². The Labute approximate surface area is 179 Å². The number of halogens is 6. The summed E-state index contributed by atoms with van der Waals surface area (Å²) >= 11 is 0. The summed E-state index contributed by atoms with van der Waals surface area (Å²) in [6.45, 7) is 6.32. The number of hydrogen-bond donors (Lipinski definition) is 2. The number of nitrogens with one attached hydrogen (secondary N) is 1. The minimum absolute atomic E-state index is 0.154. The van der Waals surface area contributed by atoms with Gasteiger partial charge in [0, 0.05) is 5.69 Å². The van der Waals surface area contributed by atoms with Crippen LogP contribution in [0.5, 0.6) is 5.75 Å². The Bertz CT molecular complexity index is 964. The van der Waals surface area contributed by atoms with E-state index in [0.717, 1.165) is 18.2 Å². The largest absolute Gasteiger partial charge is 0.573 e. The topological polar surface area (TPSA) is 67.8 Å². The van der Waals surface area contributed by atoms with Crippen LogP contribution in [0.15, 0.2) is 42.5 Å². The molecular weight excluding hydrogens is 444 g/mol. The minimum Gasteiger partial charge on any atom is -0.444 e. The molecule has 11 heteroatoms. The van der Waals surface area contributed by atoms with Crippen LogP contribution in [0.3, 0.4) is 0 Å². The molecule has 2 N–H and O–H groups in total. The van der Waals surface area contributed by atoms with Crippen LogP contribution in [0, 0.1) is 6.92 Å². The van der Waals surface area contributed by atoms with Gasteiger partial charge in [-0.25, -0.2) is 4.79 Å². The highest BCUT2D eigenvalue weighted by Gasteiger charge is 2.56. The zero-order valence-corrected chi connectivity index (χ0v) is 17.5. The molecule has 1 unspecified atom stereocenters. The van der Waals surface area contributed by atoms with Crippen molar-refractivity contribution < 1.29 is 45.7 Å². The number of anilines is 1. The number of alkyl halides is 6. The average Bonchev–Trinajstić information content (AvgIpc) is 2.59. The van der Waals surface area contributed by atoms with Crippen LogP contribution in [0.4, 0.5) is 36.8 Å². The number of carbonyl (C=O) groups excluding carboxylic acids is 1. The number of benzene rings is 2. The summed E-state index contributed by atoms with van der Waals surface area (Å²) in [7, 11) is 0. The second-order valence-corrected chi connectivity index (χ2v) is 7.94. The van der Waals surface area contributed by atoms with Gasteiger partial charge < -0.3 is 14.6 Å². The van der Waals surface area contributed by atoms with E-state index in [4.69, 9.17) is 4.74 Å². The Morgan fingerprint density at radius 1 is 0.906 bits per heavy atom. The summed E-state index contributed by atoms with van der Waals surface area (Å²) in [5.41, 5.74) is -5.29. The van der Waals surface area contributed by atoms with Crippen LogP contribution < -0.4 is 10.1 Å². The third-order valence-corrected chi connectivity index (χ3v) is 4.20. The normalized spacial score (nSPS) is 14.5. The highest BCUT2D eigenvalue weighted by molar-refractivity contribution is 5.86. The average molecular weight is 465 g/mol. The SMILES string of the molecule is Cc1cc(C(O)(c2ccc(OC(F)(F)F)cc2)C(F)(F)F)ccc1NC(=O)OC(C)(C)C. The molecule has 32 heavy (non-hydrogen) atoms. The molecule has 0 saturated heterocycles. The molecule has 0 aliphatic carbocycles. The Morgan fingerprint density at radius 2 is 1.44 bits per heavy atom. The molecule has 0 spiro atoms. The van der Waals surface area contributed by atoms with Gasteiger partial charge >= 0.3 is 18.6 Å². The second-order valence-electron chi connectivity index (χ2n) is 7.94. The zero-order chi connectivity index (χ0) is 24.5. The highest BCUT2D eigenvalue weighted by atomic mass is 19.4. The summed E-state index contributed by atoms with van der Waals surface area (Å²) in [4.78, 5) is 11.9. The number of amides is 1. The smallest absolute Gasteiger partial charge is 0.444 e. The van der Waals surface area contributed by atoms with E-state index in [-0.39, 0.29) is 11.3 Å². The molecule has 0 saturated carbocycles. The number of aryl methyl sites for hydroxylation is 1. The number of hydrogen-bond acceptors (Lipinski definition) is 4. The molecule has 2 rings (SSSR count). The molecule has 0 aliphatic heterocycles. The van der Waals surface area contributed by atoms with Crippen molar-refractivity contribution in [2.45, 2.75) is 51.4 Å². The fourth-order valence-corrected chi connectivity index (χ4v) is 2.83. The molecule has 0 aliphatic rings. The first kappa shape index (κ1) is 25.3. The molecule has 0 aromatic heterocycles. The van der Waals surface area contributed by atoms with Crippen molar-refractivity contribution in [1.29, 1.82) is 0 Å². The number of carbonyl (C=O) groups is 1. The Hall–Kier alpha value is -2.95. The molecule has 0 bridgehead atoms. The lowest BCUT2D eigenvalue weighted by Gasteiger charge is -2.32. The number of rotatable bonds is 4. The molecule has 2 aromatic rings. The van der Waals surface area contributed by atoms with Crippen molar-refractivity contribution in [3.63, 3.8) is 0 Å². The molecule has 1 atom stereocenters. The van der Waals surface area contributed by atoms with Crippen LogP contribution in [0.1, 0.15) is 37.5 Å². The lowest BCUT2D eigenvalue weighted by atomic mass is 9.84. The monoisotopic (exact) mass is 465 g/mol. The van der Waals surface area contributed by atoms with E-state index >= 15 is 0 Å². The molecule has 5 nitrogen and oxygen atoms in total. The predicted octanol–water partition coefficient (Wildman–Crippen LogP) is 6.04. The first-order chi connectivity index (χ1) is 14.4. The van der Waals surface area contributed by atoms with E-state index in [1.807, 2.05) is 0 Å². The summed E-state index contributed by atoms with van der Waals surface area (Å²) in [5, 5.41) is 13.1. The van der Waals surface area contributed by atoms with Crippen molar-refractivity contribution in [2.75, 3.05) is 5.32 Å². The molecular formula is C21H21F6NO4. The van der Waals surface area contributed by atoms with Gasteiger partial charge in [0.05, 0.1) is 0 Å². The van der Waals surface area contributed by atoms with Gasteiger partial charge in [0.25, 0.3) is 0 Å². The Kier molecular flexibility index (Phi) is 6.75. The third kappa shape index (κ3) is 6.06. The van der Waals surface area contributed by atoms with Gasteiger partial charge in [-0.1, -0.05) is 24.3 Å². The zero-order valence-electron chi connectivity index (χ0n) is 17.5. The maximum atomic E-state index is 13.9. The predicted molar refractivity (Wildman–Crippen MR) is 103 cm³/mol. The van der Waals surface area contributed by atoms with Gasteiger partial charge in [-0.3, -0.25) is 5.32 Å². The van der Waals surface area contributed by atoms with E-state index in [9.17, 15) is 36.2 Å². The van der Waals surface area contributed by atoms with E-state index in [1.165, 1.54) is 6.92 Å². The standard InChI is InChI=1S/C21H21F6NO4/c1-12-11-14(7-10-16(12)28-17(29)32-18(2,3)4)19(30,20(22,23)24)13-5-8-15(9-6-13)31-21(25,26)27/h5-11,30H,1-4H3,(H,28,29). The molecule has 0 fully saturated rings. The van der Waals surface area contributed by atoms with Crippen molar-refractivity contribution in [3.8, 4) is 5.75 Å². The maximum absolute atomic E-state index is 13.9. The van der Waals surface area contributed by atoms with Crippen LogP contribution in [-0.4, -0.2) is 29.3 Å². The van der Waals surface area contributed by atoms with Crippen molar-refractivity contribution in [1.82, 2.24) is 0 Å². The summed E-state index contributed by atoms with van der Waals surface area (Å²) < 4.78 is 87.4. The maximum Gasteiger partial charge on any atom is 0.573 e. The lowest BCUT2D eigenvalue weighted by Crippen LogP contribution is -2.43. The van der Waals surface area contributed by atoms with E-state index < -0.39 is 46.7 Å². The van der Waals surface area contributed by atoms with Gasteiger partial charge in [-0.2, -0.15) is 13.2 Å². The summed E-state index contributed by atoms with van der Waals surface area (Å²) in [6, 6.07) is 5.85. The fraction of sp³-hybridized carbons (Fsp3) is 0.381. The molecule has 0 radical (unpaired) electrons. The summed E-state index contributed by atoms with van der Waals surface area (Å²) in [5.74, 6) is -0.737. The Morgan fingerprint density at radius 3 is 1.88 bits per heavy atom. The highest BCUT2D eigenvalue weighted by Crippen LogP contribution is 2.45. The van der Waals surface area contributed by atoms with Gasteiger partial charge in [0.1, 0.15) is 11.4 Å². The van der Waals surface area contributed by atoms with E-state index in [2.05, 4.69) is 10.1 Å². The van der Waals surface area contributed by atoms with Crippen LogP contribution >= 0.6 is 0 Å². The number of ether oxygens (including phenoxy) is 2. The van der Waals surface area contributed by atoms with Crippen LogP contribution in [0.25, 0.3) is 0 Å². The Balaban J connectivity index is 2.41. The minimum atomic E-state index is -5.22. The third-order valence-electron chi connectivity index (χ3n) is 4.20. The van der Waals surface area contributed by atoms with Crippen molar-refractivity contribution in [3.05, 3.63) is 59.2 Å². The van der Waals surface area contributed by atoms with E-state index in [0.29, 0.717) is 24.3 Å². The van der Waals surface area contributed by atoms with E-state index in [1.54, 1.807) is 20.8 Å². The quantitative estimate of drug-likeness (QED) is 0.541. The fourth-order valence-electron chi connectivity index (χ4n) is 2.83. The number of aliphatic hydroxyl groups is 1. The second kappa shape index (κ2) is 8.53. The van der Waals surface area contributed by atoms with Crippen LogP contribution in [-0.2, 0) is 10.3 Å². The summed E-state index contributed by atoms with van der Waals surface area (Å²) in [6.07, 6.45) is -11.1. The molecule has 176 valence electrons.